The molecule has 1 heterocycles. The van der Waals surface area contributed by atoms with Gasteiger partial charge in [-0.1, -0.05) is 6.92 Å². The zero-order chi connectivity index (χ0) is 15.8. The van der Waals surface area contributed by atoms with Crippen molar-refractivity contribution in [2.75, 3.05) is 11.6 Å². The van der Waals surface area contributed by atoms with Crippen LogP contribution < -0.4 is 10.6 Å². The van der Waals surface area contributed by atoms with Crippen LogP contribution in [0.25, 0.3) is 0 Å². The van der Waals surface area contributed by atoms with E-state index in [-0.39, 0.29) is 4.90 Å². The van der Waals surface area contributed by atoms with E-state index in [4.69, 9.17) is 0 Å². The molecule has 0 aliphatic carbocycles. The lowest BCUT2D eigenvalue weighted by molar-refractivity contribution is -0.131. The van der Waals surface area contributed by atoms with Crippen molar-refractivity contribution in [3.8, 4) is 0 Å². The maximum Gasteiger partial charge on any atom is 0.239 e. The first-order chi connectivity index (χ1) is 9.70. The van der Waals surface area contributed by atoms with E-state index in [9.17, 15) is 22.8 Å². The zero-order valence-electron chi connectivity index (χ0n) is 11.4. The van der Waals surface area contributed by atoms with Crippen molar-refractivity contribution < 1.29 is 22.8 Å². The Bertz CT molecular complexity index is 709. The zero-order valence-corrected chi connectivity index (χ0v) is 12.2. The fourth-order valence-corrected chi connectivity index (χ4v) is 2.67. The van der Waals surface area contributed by atoms with Crippen LogP contribution in [0.4, 0.5) is 5.69 Å². The summed E-state index contributed by atoms with van der Waals surface area (Å²) in [6.45, 7) is 1.50. The summed E-state index contributed by atoms with van der Waals surface area (Å²) in [5.41, 5.74) is 0.353. The number of benzene rings is 1. The molecule has 2 atom stereocenters. The predicted molar refractivity (Wildman–Crippen MR) is 74.0 cm³/mol. The normalized spacial score (nSPS) is 22.0. The standard InChI is InChI=1S/C13H14N2O5S/c1-7-10(13(18)15-11(7)16)12(17)14-8-3-5-9(6-4-8)21(2,19)20/h3-7,10H,1-2H3,(H,14,17)(H,15,16,18). The molecule has 1 aromatic carbocycles. The molecule has 21 heavy (non-hydrogen) atoms. The third-order valence-corrected chi connectivity index (χ3v) is 4.40. The maximum atomic E-state index is 12.0. The van der Waals surface area contributed by atoms with Crippen molar-refractivity contribution in [3.05, 3.63) is 24.3 Å². The lowest BCUT2D eigenvalue weighted by Crippen LogP contribution is -2.31. The Balaban J connectivity index is 2.13. The highest BCUT2D eigenvalue weighted by molar-refractivity contribution is 7.90. The smallest absolute Gasteiger partial charge is 0.239 e. The third kappa shape index (κ3) is 3.10. The first-order valence-electron chi connectivity index (χ1n) is 6.16. The average Bonchev–Trinajstić information content (AvgIpc) is 2.62. The topological polar surface area (TPSA) is 109 Å². The number of hydrogen-bond acceptors (Lipinski definition) is 5. The summed E-state index contributed by atoms with van der Waals surface area (Å²) < 4.78 is 22.6. The molecule has 2 rings (SSSR count). The average molecular weight is 310 g/mol. The summed E-state index contributed by atoms with van der Waals surface area (Å²) in [6.07, 6.45) is 1.08. The molecule has 0 aromatic heterocycles. The van der Waals surface area contributed by atoms with E-state index in [1.807, 2.05) is 0 Å². The van der Waals surface area contributed by atoms with E-state index in [1.54, 1.807) is 0 Å². The van der Waals surface area contributed by atoms with Gasteiger partial charge in [0.2, 0.25) is 17.7 Å². The van der Waals surface area contributed by atoms with Gasteiger partial charge >= 0.3 is 0 Å². The Morgan fingerprint density at radius 1 is 1.14 bits per heavy atom. The van der Waals surface area contributed by atoms with E-state index in [1.165, 1.54) is 31.2 Å². The van der Waals surface area contributed by atoms with Gasteiger partial charge in [0.05, 0.1) is 10.8 Å². The molecule has 2 unspecified atom stereocenters. The highest BCUT2D eigenvalue weighted by Crippen LogP contribution is 2.21. The van der Waals surface area contributed by atoms with E-state index in [0.717, 1.165) is 6.26 Å². The van der Waals surface area contributed by atoms with E-state index in [0.29, 0.717) is 5.69 Å². The molecular weight excluding hydrogens is 296 g/mol. The molecule has 0 saturated carbocycles. The minimum atomic E-state index is -3.31. The van der Waals surface area contributed by atoms with Gasteiger partial charge < -0.3 is 5.32 Å². The van der Waals surface area contributed by atoms with Gasteiger partial charge in [0.25, 0.3) is 0 Å². The number of carbonyl (C=O) groups is 3. The van der Waals surface area contributed by atoms with Crippen molar-refractivity contribution in [3.63, 3.8) is 0 Å². The van der Waals surface area contributed by atoms with Crippen LogP contribution in [-0.4, -0.2) is 32.4 Å². The van der Waals surface area contributed by atoms with Crippen LogP contribution in [0.15, 0.2) is 29.2 Å². The number of sulfone groups is 1. The first kappa shape index (κ1) is 15.2. The van der Waals surface area contributed by atoms with Gasteiger partial charge in [0.15, 0.2) is 9.84 Å². The van der Waals surface area contributed by atoms with Crippen LogP contribution in [0.3, 0.4) is 0 Å². The van der Waals surface area contributed by atoms with Crippen molar-refractivity contribution in [2.45, 2.75) is 11.8 Å². The molecule has 1 aromatic rings. The van der Waals surface area contributed by atoms with E-state index in [2.05, 4.69) is 10.6 Å². The predicted octanol–water partition coefficient (Wildman–Crippen LogP) is -0.0627. The molecule has 112 valence electrons. The van der Waals surface area contributed by atoms with Crippen LogP contribution >= 0.6 is 0 Å². The van der Waals surface area contributed by atoms with Crippen LogP contribution in [-0.2, 0) is 24.2 Å². The van der Waals surface area contributed by atoms with Crippen LogP contribution in [0.1, 0.15) is 6.92 Å². The van der Waals surface area contributed by atoms with Gasteiger partial charge in [-0.05, 0) is 24.3 Å². The summed E-state index contributed by atoms with van der Waals surface area (Å²) >= 11 is 0. The largest absolute Gasteiger partial charge is 0.325 e. The maximum absolute atomic E-state index is 12.0. The van der Waals surface area contributed by atoms with E-state index < -0.39 is 39.4 Å². The highest BCUT2D eigenvalue weighted by Gasteiger charge is 2.43. The molecule has 7 nitrogen and oxygen atoms in total. The molecule has 1 saturated heterocycles. The first-order valence-corrected chi connectivity index (χ1v) is 8.05. The number of hydrogen-bond donors (Lipinski definition) is 2. The van der Waals surface area contributed by atoms with E-state index >= 15 is 0 Å². The van der Waals surface area contributed by atoms with Crippen molar-refractivity contribution in [2.24, 2.45) is 11.8 Å². The Morgan fingerprint density at radius 2 is 1.71 bits per heavy atom. The monoisotopic (exact) mass is 310 g/mol. The van der Waals surface area contributed by atoms with Crippen LogP contribution in [0.2, 0.25) is 0 Å². The molecule has 0 radical (unpaired) electrons. The lowest BCUT2D eigenvalue weighted by Gasteiger charge is -2.11. The van der Waals surface area contributed by atoms with Gasteiger partial charge in [0.1, 0.15) is 5.92 Å². The summed E-state index contributed by atoms with van der Waals surface area (Å²) in [5, 5.41) is 4.59. The Hall–Kier alpha value is -2.22. The molecular formula is C13H14N2O5S. The summed E-state index contributed by atoms with van der Waals surface area (Å²) in [5.74, 6) is -3.51. The summed E-state index contributed by atoms with van der Waals surface area (Å²) in [7, 11) is -3.31. The second-order valence-corrected chi connectivity index (χ2v) is 6.92. The number of amides is 3. The molecule has 1 aliphatic rings. The Morgan fingerprint density at radius 3 is 2.14 bits per heavy atom. The second-order valence-electron chi connectivity index (χ2n) is 4.91. The van der Waals surface area contributed by atoms with Crippen molar-refractivity contribution >= 4 is 33.2 Å². The molecule has 8 heteroatoms. The number of rotatable bonds is 3. The number of imide groups is 1. The highest BCUT2D eigenvalue weighted by atomic mass is 32.2. The van der Waals surface area contributed by atoms with Gasteiger partial charge in [-0.25, -0.2) is 8.42 Å². The van der Waals surface area contributed by atoms with Gasteiger partial charge in [0, 0.05) is 11.9 Å². The second kappa shape index (κ2) is 5.28. The fourth-order valence-electron chi connectivity index (χ4n) is 2.04. The Labute approximate surface area is 121 Å². The number of anilines is 1. The SMILES string of the molecule is CC1C(=O)NC(=O)C1C(=O)Nc1ccc(S(C)(=O)=O)cc1. The molecule has 1 aliphatic heterocycles. The number of nitrogens with one attached hydrogen (secondary N) is 2. The molecule has 1 fully saturated rings. The van der Waals surface area contributed by atoms with Gasteiger partial charge in [-0.15, -0.1) is 0 Å². The third-order valence-electron chi connectivity index (χ3n) is 3.27. The summed E-state index contributed by atoms with van der Waals surface area (Å²) in [4.78, 5) is 35.0. The lowest BCUT2D eigenvalue weighted by atomic mass is 9.96. The fraction of sp³-hybridized carbons (Fsp3) is 0.308. The number of carbonyl (C=O) groups excluding carboxylic acids is 3. The van der Waals surface area contributed by atoms with Crippen LogP contribution in [0, 0.1) is 11.8 Å². The van der Waals surface area contributed by atoms with Gasteiger partial charge in [-0.3, -0.25) is 19.7 Å². The minimum Gasteiger partial charge on any atom is -0.325 e. The van der Waals surface area contributed by atoms with Crippen molar-refractivity contribution in [1.29, 1.82) is 0 Å². The van der Waals surface area contributed by atoms with Gasteiger partial charge in [-0.2, -0.15) is 0 Å². The molecule has 0 bridgehead atoms. The quantitative estimate of drug-likeness (QED) is 0.600. The Kier molecular flexibility index (Phi) is 3.82. The van der Waals surface area contributed by atoms with Crippen molar-refractivity contribution in [1.82, 2.24) is 5.32 Å². The minimum absolute atomic E-state index is 0.127. The molecule has 3 amide bonds. The molecule has 2 N–H and O–H groups in total. The van der Waals surface area contributed by atoms with Crippen LogP contribution in [0.5, 0.6) is 0 Å². The molecule has 0 spiro atoms. The summed E-state index contributed by atoms with van der Waals surface area (Å²) in [6, 6.07) is 5.56.